The van der Waals surface area contributed by atoms with Crippen LogP contribution in [0.25, 0.3) is 0 Å². The molecule has 1 aliphatic heterocycles. The number of allylic oxidation sites excluding steroid dienone is 10. The summed E-state index contributed by atoms with van der Waals surface area (Å²) in [7, 11) is 0. The van der Waals surface area contributed by atoms with Crippen LogP contribution in [-0.4, -0.2) is 89.0 Å². The SMILES string of the molecule is CC/C=C/C/C=C/C/C=C/CCCCCCCCCCCCC(=O)OCC(CO[C@H]1O[C@@H](CO)[C@@H](O)C(O)C1O)OC(=O)CC/C=C/C/C=C/CCCCCCCC. The molecule has 1 rings (SSSR count). The van der Waals surface area contributed by atoms with E-state index in [1.807, 2.05) is 12.2 Å². The summed E-state index contributed by atoms with van der Waals surface area (Å²) in [6, 6.07) is 0. The summed E-state index contributed by atoms with van der Waals surface area (Å²) in [6.45, 7) is 3.24. The predicted molar refractivity (Wildman–Crippen MR) is 233 cm³/mol. The zero-order valence-corrected chi connectivity index (χ0v) is 36.3. The Balaban J connectivity index is 2.32. The average molecular weight is 819 g/mol. The number of carbonyl (C=O) groups excluding carboxylic acids is 2. The van der Waals surface area contributed by atoms with E-state index in [1.165, 1.54) is 77.0 Å². The second-order valence-corrected chi connectivity index (χ2v) is 15.5. The van der Waals surface area contributed by atoms with Crippen molar-refractivity contribution in [3.63, 3.8) is 0 Å². The third-order valence-electron chi connectivity index (χ3n) is 10.1. The molecule has 0 aromatic heterocycles. The first-order chi connectivity index (χ1) is 28.3. The van der Waals surface area contributed by atoms with Gasteiger partial charge >= 0.3 is 11.9 Å². The lowest BCUT2D eigenvalue weighted by Gasteiger charge is -2.39. The van der Waals surface area contributed by atoms with Gasteiger partial charge in [-0.2, -0.15) is 0 Å². The lowest BCUT2D eigenvalue weighted by Crippen LogP contribution is -2.59. The van der Waals surface area contributed by atoms with Gasteiger partial charge in [-0.3, -0.25) is 9.59 Å². The number of unbranched alkanes of at least 4 members (excludes halogenated alkanes) is 16. The molecule has 0 saturated carbocycles. The first kappa shape index (κ1) is 53.4. The van der Waals surface area contributed by atoms with Gasteiger partial charge in [-0.1, -0.05) is 158 Å². The Hall–Kier alpha value is -2.60. The molecule has 58 heavy (non-hydrogen) atoms. The van der Waals surface area contributed by atoms with E-state index in [0.29, 0.717) is 12.8 Å². The summed E-state index contributed by atoms with van der Waals surface area (Å²) in [5.41, 5.74) is 0. The molecule has 4 N–H and O–H groups in total. The Kier molecular flexibility index (Phi) is 35.5. The van der Waals surface area contributed by atoms with Gasteiger partial charge in [0.25, 0.3) is 0 Å². The van der Waals surface area contributed by atoms with Crippen molar-refractivity contribution in [1.82, 2.24) is 0 Å². The predicted octanol–water partition coefficient (Wildman–Crippen LogP) is 9.83. The van der Waals surface area contributed by atoms with Crippen LogP contribution in [0.1, 0.15) is 174 Å². The molecular weight excluding hydrogens is 737 g/mol. The van der Waals surface area contributed by atoms with Gasteiger partial charge in [-0.05, 0) is 64.2 Å². The zero-order chi connectivity index (χ0) is 42.3. The average Bonchev–Trinajstić information content (AvgIpc) is 3.22. The summed E-state index contributed by atoms with van der Waals surface area (Å²) < 4.78 is 22.1. The summed E-state index contributed by atoms with van der Waals surface area (Å²) in [5, 5.41) is 40.0. The number of aliphatic hydroxyl groups is 4. The van der Waals surface area contributed by atoms with Crippen molar-refractivity contribution in [3.8, 4) is 0 Å². The van der Waals surface area contributed by atoms with Crippen LogP contribution >= 0.6 is 0 Å². The van der Waals surface area contributed by atoms with E-state index in [9.17, 15) is 30.0 Å². The molecule has 1 saturated heterocycles. The van der Waals surface area contributed by atoms with Crippen LogP contribution in [0.2, 0.25) is 0 Å². The van der Waals surface area contributed by atoms with Crippen LogP contribution in [0.15, 0.2) is 60.8 Å². The summed E-state index contributed by atoms with van der Waals surface area (Å²) >= 11 is 0. The normalized spacial score (nSPS) is 20.7. The molecule has 0 spiro atoms. The Bertz CT molecular complexity index is 1130. The molecule has 0 aromatic carbocycles. The number of esters is 2. The molecule has 1 heterocycles. The van der Waals surface area contributed by atoms with Crippen LogP contribution in [0, 0.1) is 0 Å². The molecule has 1 fully saturated rings. The van der Waals surface area contributed by atoms with E-state index in [4.69, 9.17) is 18.9 Å². The van der Waals surface area contributed by atoms with E-state index in [1.54, 1.807) is 0 Å². The third kappa shape index (κ3) is 29.6. The highest BCUT2D eigenvalue weighted by Crippen LogP contribution is 2.22. The molecule has 334 valence electrons. The molecule has 10 nitrogen and oxygen atoms in total. The number of ether oxygens (including phenoxy) is 4. The van der Waals surface area contributed by atoms with E-state index < -0.39 is 55.4 Å². The standard InChI is InChI=1S/C48H82O10/c1-3-5-7-9-11-13-15-17-18-19-20-21-22-23-25-26-28-30-32-34-36-43(50)55-39-41(40-56-48-47(54)46(53)45(52)42(38-49)58-48)57-44(51)37-35-33-31-29-27-24-16-14-12-10-8-6-4-2/h5,7,11,13,17-18,24,27,31,33,41-42,45-49,52-54H,3-4,6,8-10,12,14-16,19-23,25-26,28-30,32,34-40H2,1-2H3/b7-5+,13-11+,18-17+,27-24+,33-31+/t41?,42-,45+,46?,47?,48-/m0/s1. The lowest BCUT2D eigenvalue weighted by molar-refractivity contribution is -0.305. The van der Waals surface area contributed by atoms with Crippen molar-refractivity contribution < 1.29 is 49.0 Å². The van der Waals surface area contributed by atoms with Crippen molar-refractivity contribution in [2.24, 2.45) is 0 Å². The molecule has 0 bridgehead atoms. The molecule has 6 atom stereocenters. The molecule has 0 aromatic rings. The van der Waals surface area contributed by atoms with Crippen molar-refractivity contribution in [2.75, 3.05) is 19.8 Å². The highest BCUT2D eigenvalue weighted by molar-refractivity contribution is 5.70. The van der Waals surface area contributed by atoms with Gasteiger partial charge < -0.3 is 39.4 Å². The largest absolute Gasteiger partial charge is 0.462 e. The van der Waals surface area contributed by atoms with Crippen LogP contribution in [0.5, 0.6) is 0 Å². The Labute approximate surface area is 351 Å². The molecule has 3 unspecified atom stereocenters. The zero-order valence-electron chi connectivity index (χ0n) is 36.3. The van der Waals surface area contributed by atoms with E-state index >= 15 is 0 Å². The van der Waals surface area contributed by atoms with E-state index in [-0.39, 0.29) is 26.1 Å². The third-order valence-corrected chi connectivity index (χ3v) is 10.1. The van der Waals surface area contributed by atoms with Crippen LogP contribution in [-0.2, 0) is 28.5 Å². The van der Waals surface area contributed by atoms with Gasteiger partial charge in [0.15, 0.2) is 12.4 Å². The molecular formula is C48H82O10. The number of rotatable bonds is 37. The van der Waals surface area contributed by atoms with Gasteiger partial charge in [0.1, 0.15) is 31.0 Å². The van der Waals surface area contributed by atoms with Crippen molar-refractivity contribution >= 4 is 11.9 Å². The fourth-order valence-electron chi connectivity index (χ4n) is 6.55. The number of carbonyl (C=O) groups is 2. The first-order valence-electron chi connectivity index (χ1n) is 22.9. The second kappa shape index (κ2) is 38.6. The first-order valence-corrected chi connectivity index (χ1v) is 22.9. The molecule has 0 radical (unpaired) electrons. The molecule has 0 aliphatic carbocycles. The monoisotopic (exact) mass is 819 g/mol. The van der Waals surface area contributed by atoms with Gasteiger partial charge in [0.2, 0.25) is 0 Å². The lowest BCUT2D eigenvalue weighted by atomic mass is 9.99. The maximum Gasteiger partial charge on any atom is 0.306 e. The highest BCUT2D eigenvalue weighted by atomic mass is 16.7. The maximum absolute atomic E-state index is 12.7. The number of aliphatic hydroxyl groups excluding tert-OH is 4. The number of hydrogen-bond acceptors (Lipinski definition) is 10. The van der Waals surface area contributed by atoms with Crippen LogP contribution in [0.4, 0.5) is 0 Å². The minimum absolute atomic E-state index is 0.121. The van der Waals surface area contributed by atoms with Gasteiger partial charge in [0.05, 0.1) is 13.2 Å². The van der Waals surface area contributed by atoms with Gasteiger partial charge in [-0.15, -0.1) is 0 Å². The Morgan fingerprint density at radius 2 is 1.05 bits per heavy atom. The van der Waals surface area contributed by atoms with Crippen LogP contribution < -0.4 is 0 Å². The quantitative estimate of drug-likeness (QED) is 0.0271. The second-order valence-electron chi connectivity index (χ2n) is 15.5. The van der Waals surface area contributed by atoms with Crippen molar-refractivity contribution in [1.29, 1.82) is 0 Å². The van der Waals surface area contributed by atoms with Gasteiger partial charge in [-0.25, -0.2) is 0 Å². The summed E-state index contributed by atoms with van der Waals surface area (Å²) in [5.74, 6) is -0.892. The van der Waals surface area contributed by atoms with E-state index in [2.05, 4.69) is 62.5 Å². The van der Waals surface area contributed by atoms with Crippen LogP contribution in [0.3, 0.4) is 0 Å². The minimum Gasteiger partial charge on any atom is -0.462 e. The topological polar surface area (TPSA) is 152 Å². The number of hydrogen-bond donors (Lipinski definition) is 4. The highest BCUT2D eigenvalue weighted by Gasteiger charge is 2.44. The fourth-order valence-corrected chi connectivity index (χ4v) is 6.55. The maximum atomic E-state index is 12.7. The molecule has 10 heteroatoms. The Morgan fingerprint density at radius 3 is 1.60 bits per heavy atom. The fraction of sp³-hybridized carbons (Fsp3) is 0.750. The molecule has 1 aliphatic rings. The summed E-state index contributed by atoms with van der Waals surface area (Å²) in [4.78, 5) is 25.3. The summed E-state index contributed by atoms with van der Waals surface area (Å²) in [6.07, 6.45) is 39.6. The minimum atomic E-state index is -1.61. The van der Waals surface area contributed by atoms with Crippen molar-refractivity contribution in [2.45, 2.75) is 211 Å². The van der Waals surface area contributed by atoms with Crippen molar-refractivity contribution in [3.05, 3.63) is 60.8 Å². The molecule has 0 amide bonds. The van der Waals surface area contributed by atoms with E-state index in [0.717, 1.165) is 57.8 Å². The van der Waals surface area contributed by atoms with Gasteiger partial charge in [0, 0.05) is 12.8 Å². The smallest absolute Gasteiger partial charge is 0.306 e. The Morgan fingerprint density at radius 1 is 0.552 bits per heavy atom.